The van der Waals surface area contributed by atoms with Gasteiger partial charge in [-0.15, -0.1) is 0 Å². The molecule has 2 rings (SSSR count). The molecule has 0 aliphatic carbocycles. The quantitative estimate of drug-likeness (QED) is 0.803. The highest BCUT2D eigenvalue weighted by molar-refractivity contribution is 7.91. The monoisotopic (exact) mass is 371 g/mol. The second-order valence-electron chi connectivity index (χ2n) is 4.38. The van der Waals surface area contributed by atoms with E-state index in [1.54, 1.807) is 30.5 Å². The standard InChI is InChI=1S/C13H15NO4S.3C2H6/c1-2-7-19(17,18)11-4-3-10-5-6-14(9-13(15)16)12(10)8-11;3*1-2/h3-6,8H,2,7,9H2,1H3,(H,15,16);3*1-2H3. The molecule has 0 saturated carbocycles. The minimum absolute atomic E-state index is 0.0954. The minimum Gasteiger partial charge on any atom is -0.480 e. The van der Waals surface area contributed by atoms with Gasteiger partial charge in [-0.1, -0.05) is 54.5 Å². The number of benzene rings is 1. The van der Waals surface area contributed by atoms with Crippen LogP contribution in [-0.2, 0) is 21.2 Å². The second-order valence-corrected chi connectivity index (χ2v) is 6.49. The summed E-state index contributed by atoms with van der Waals surface area (Å²) in [6.07, 6.45) is 2.20. The van der Waals surface area contributed by atoms with Gasteiger partial charge in [0.25, 0.3) is 0 Å². The number of aromatic nitrogens is 1. The Labute approximate surface area is 152 Å². The number of nitrogens with zero attached hydrogens (tertiary/aromatic N) is 1. The highest BCUT2D eigenvalue weighted by Crippen LogP contribution is 2.21. The summed E-state index contributed by atoms with van der Waals surface area (Å²) in [6, 6.07) is 6.59. The number of carboxylic acid groups (broad SMARTS) is 1. The van der Waals surface area contributed by atoms with Crippen LogP contribution in [-0.4, -0.2) is 29.8 Å². The van der Waals surface area contributed by atoms with E-state index in [1.807, 2.05) is 48.5 Å². The van der Waals surface area contributed by atoms with Crippen LogP contribution in [0.3, 0.4) is 0 Å². The molecule has 1 aromatic heterocycles. The third kappa shape index (κ3) is 7.73. The third-order valence-corrected chi connectivity index (χ3v) is 4.80. The summed E-state index contributed by atoms with van der Waals surface area (Å²) in [5.41, 5.74) is 0.625. The lowest BCUT2D eigenvalue weighted by Gasteiger charge is -2.05. The molecule has 0 saturated heterocycles. The minimum atomic E-state index is -3.29. The molecule has 0 radical (unpaired) electrons. The molecule has 0 bridgehead atoms. The number of hydrogen-bond acceptors (Lipinski definition) is 3. The number of aliphatic carboxylic acids is 1. The Morgan fingerprint density at radius 2 is 1.60 bits per heavy atom. The first-order valence-corrected chi connectivity index (χ1v) is 10.6. The summed E-state index contributed by atoms with van der Waals surface area (Å²) in [5, 5.41) is 9.65. The molecule has 5 nitrogen and oxygen atoms in total. The SMILES string of the molecule is CC.CC.CC.CCCS(=O)(=O)c1ccc2ccn(CC(=O)O)c2c1. The average molecular weight is 372 g/mol. The lowest BCUT2D eigenvalue weighted by Crippen LogP contribution is -2.08. The molecule has 0 amide bonds. The van der Waals surface area contributed by atoms with Crippen molar-refractivity contribution in [2.24, 2.45) is 0 Å². The van der Waals surface area contributed by atoms with Crippen LogP contribution in [0.2, 0.25) is 0 Å². The van der Waals surface area contributed by atoms with Gasteiger partial charge in [0.1, 0.15) is 6.54 Å². The van der Waals surface area contributed by atoms with Crippen molar-refractivity contribution in [1.29, 1.82) is 0 Å². The summed E-state index contributed by atoms with van der Waals surface area (Å²) < 4.78 is 25.5. The second kappa shape index (κ2) is 13.5. The van der Waals surface area contributed by atoms with Crippen LogP contribution >= 0.6 is 0 Å². The lowest BCUT2D eigenvalue weighted by atomic mass is 10.2. The van der Waals surface area contributed by atoms with E-state index in [0.717, 1.165) is 5.39 Å². The van der Waals surface area contributed by atoms with Crippen molar-refractivity contribution in [3.63, 3.8) is 0 Å². The zero-order valence-corrected chi connectivity index (χ0v) is 17.4. The first-order chi connectivity index (χ1) is 11.9. The van der Waals surface area contributed by atoms with Crippen LogP contribution in [0.1, 0.15) is 54.9 Å². The number of hydrogen-bond donors (Lipinski definition) is 1. The summed E-state index contributed by atoms with van der Waals surface area (Å²) >= 11 is 0. The van der Waals surface area contributed by atoms with Crippen molar-refractivity contribution in [1.82, 2.24) is 4.57 Å². The molecular formula is C19H33NO4S. The Hall–Kier alpha value is -1.82. The Balaban J connectivity index is 0. The Bertz CT molecular complexity index is 718. The van der Waals surface area contributed by atoms with Gasteiger partial charge in [0.15, 0.2) is 9.84 Å². The molecule has 1 N–H and O–H groups in total. The fourth-order valence-corrected chi connectivity index (χ4v) is 3.37. The maximum absolute atomic E-state index is 12.0. The van der Waals surface area contributed by atoms with E-state index in [2.05, 4.69) is 0 Å². The average Bonchev–Trinajstić information content (AvgIpc) is 3.02. The summed E-state index contributed by atoms with van der Waals surface area (Å²) in [6.45, 7) is 13.6. The van der Waals surface area contributed by atoms with Crippen molar-refractivity contribution < 1.29 is 18.3 Å². The van der Waals surface area contributed by atoms with Crippen LogP contribution in [0, 0.1) is 0 Å². The highest BCUT2D eigenvalue weighted by atomic mass is 32.2. The van der Waals surface area contributed by atoms with E-state index in [0.29, 0.717) is 11.9 Å². The molecule has 0 spiro atoms. The third-order valence-electron chi connectivity index (χ3n) is 2.88. The molecular weight excluding hydrogens is 338 g/mol. The molecule has 1 aromatic carbocycles. The van der Waals surface area contributed by atoms with Gasteiger partial charge in [0.2, 0.25) is 0 Å². The van der Waals surface area contributed by atoms with Gasteiger partial charge in [0, 0.05) is 11.7 Å². The number of carboxylic acids is 1. The molecule has 6 heteroatoms. The predicted molar refractivity (Wildman–Crippen MR) is 106 cm³/mol. The van der Waals surface area contributed by atoms with Crippen molar-refractivity contribution in [2.75, 3.05) is 5.75 Å². The molecule has 0 aliphatic rings. The first-order valence-electron chi connectivity index (χ1n) is 8.97. The Kier molecular flexibility index (Phi) is 13.7. The molecule has 0 aliphatic heterocycles. The molecule has 144 valence electrons. The fraction of sp³-hybridized carbons (Fsp3) is 0.526. The van der Waals surface area contributed by atoms with Gasteiger partial charge in [-0.3, -0.25) is 4.79 Å². The molecule has 0 fully saturated rings. The van der Waals surface area contributed by atoms with E-state index < -0.39 is 15.8 Å². The van der Waals surface area contributed by atoms with E-state index in [-0.39, 0.29) is 17.2 Å². The van der Waals surface area contributed by atoms with E-state index in [9.17, 15) is 13.2 Å². The molecule has 25 heavy (non-hydrogen) atoms. The van der Waals surface area contributed by atoms with Crippen LogP contribution < -0.4 is 0 Å². The number of sulfone groups is 1. The maximum Gasteiger partial charge on any atom is 0.323 e. The topological polar surface area (TPSA) is 76.4 Å². The Morgan fingerprint density at radius 3 is 2.08 bits per heavy atom. The lowest BCUT2D eigenvalue weighted by molar-refractivity contribution is -0.137. The van der Waals surface area contributed by atoms with Gasteiger partial charge in [-0.05, 0) is 30.0 Å². The predicted octanol–water partition coefficient (Wildman–Crippen LogP) is 4.99. The van der Waals surface area contributed by atoms with Gasteiger partial charge in [-0.25, -0.2) is 8.42 Å². The van der Waals surface area contributed by atoms with Crippen molar-refractivity contribution in [2.45, 2.75) is 66.3 Å². The number of rotatable bonds is 5. The summed E-state index contributed by atoms with van der Waals surface area (Å²) in [4.78, 5) is 11.0. The van der Waals surface area contributed by atoms with E-state index >= 15 is 0 Å². The van der Waals surface area contributed by atoms with E-state index in [4.69, 9.17) is 5.11 Å². The van der Waals surface area contributed by atoms with Gasteiger partial charge < -0.3 is 9.67 Å². The van der Waals surface area contributed by atoms with Crippen LogP contribution in [0.5, 0.6) is 0 Å². The first kappa shape index (κ1) is 25.4. The van der Waals surface area contributed by atoms with Gasteiger partial charge in [0.05, 0.1) is 10.6 Å². The zero-order chi connectivity index (χ0) is 20.0. The fourth-order valence-electron chi connectivity index (χ4n) is 2.03. The van der Waals surface area contributed by atoms with Gasteiger partial charge >= 0.3 is 5.97 Å². The highest BCUT2D eigenvalue weighted by Gasteiger charge is 2.15. The maximum atomic E-state index is 12.0. The van der Waals surface area contributed by atoms with Crippen LogP contribution in [0.15, 0.2) is 35.4 Å². The number of fused-ring (bicyclic) bond motifs is 1. The summed E-state index contributed by atoms with van der Waals surface area (Å²) in [7, 11) is -3.29. The van der Waals surface area contributed by atoms with Gasteiger partial charge in [-0.2, -0.15) is 0 Å². The van der Waals surface area contributed by atoms with E-state index in [1.165, 1.54) is 4.57 Å². The van der Waals surface area contributed by atoms with Crippen molar-refractivity contribution >= 4 is 26.7 Å². The molecule has 0 atom stereocenters. The van der Waals surface area contributed by atoms with Crippen molar-refractivity contribution in [3.05, 3.63) is 30.5 Å². The van der Waals surface area contributed by atoms with Crippen LogP contribution in [0.25, 0.3) is 10.9 Å². The Morgan fingerprint density at radius 1 is 1.04 bits per heavy atom. The van der Waals surface area contributed by atoms with Crippen molar-refractivity contribution in [3.8, 4) is 0 Å². The normalized spacial score (nSPS) is 9.72. The number of carbonyl (C=O) groups is 1. The smallest absolute Gasteiger partial charge is 0.323 e. The summed E-state index contributed by atoms with van der Waals surface area (Å²) in [5.74, 6) is -0.864. The molecule has 1 heterocycles. The largest absolute Gasteiger partial charge is 0.480 e. The van der Waals surface area contributed by atoms with Crippen LogP contribution in [0.4, 0.5) is 0 Å². The zero-order valence-electron chi connectivity index (χ0n) is 16.5. The molecule has 0 unspecified atom stereocenters. The molecule has 2 aromatic rings.